The lowest BCUT2D eigenvalue weighted by molar-refractivity contribution is -0.166. The Balaban J connectivity index is 2.50. The average Bonchev–Trinajstić information content (AvgIpc) is 2.74. The summed E-state index contributed by atoms with van der Waals surface area (Å²) in [5.74, 6) is -1.02. The molecule has 0 saturated heterocycles. The Kier molecular flexibility index (Phi) is 13.7. The molecule has 0 bridgehead atoms. The summed E-state index contributed by atoms with van der Waals surface area (Å²) in [7, 11) is 0. The van der Waals surface area contributed by atoms with Crippen LogP contribution in [0.1, 0.15) is 97.5 Å². The quantitative estimate of drug-likeness (QED) is 0.206. The van der Waals surface area contributed by atoms with E-state index < -0.39 is 30.0 Å². The van der Waals surface area contributed by atoms with Crippen molar-refractivity contribution >= 4 is 12.1 Å². The van der Waals surface area contributed by atoms with Crippen molar-refractivity contribution in [3.05, 3.63) is 35.9 Å². The molecule has 0 radical (unpaired) electrons. The molecule has 0 spiro atoms. The maximum absolute atomic E-state index is 14.9. The Morgan fingerprint density at radius 1 is 0.906 bits per heavy atom. The smallest absolute Gasteiger partial charge is 0.458 e. The number of halogens is 1. The summed E-state index contributed by atoms with van der Waals surface area (Å²) in [6.45, 7) is 7.23. The molecule has 0 aromatic heterocycles. The van der Waals surface area contributed by atoms with Gasteiger partial charge in [-0.15, -0.1) is 0 Å². The number of carbonyl (C=O) groups excluding carboxylic acids is 2. The van der Waals surface area contributed by atoms with Crippen molar-refractivity contribution in [2.24, 2.45) is 0 Å². The van der Waals surface area contributed by atoms with Gasteiger partial charge in [-0.25, -0.2) is 14.0 Å². The first-order chi connectivity index (χ1) is 15.2. The molecule has 182 valence electrons. The van der Waals surface area contributed by atoms with Gasteiger partial charge in [0, 0.05) is 0 Å². The zero-order valence-corrected chi connectivity index (χ0v) is 20.2. The minimum absolute atomic E-state index is 0.0216. The van der Waals surface area contributed by atoms with Crippen LogP contribution in [-0.2, 0) is 25.6 Å². The van der Waals surface area contributed by atoms with Crippen LogP contribution in [-0.4, -0.2) is 30.0 Å². The van der Waals surface area contributed by atoms with Gasteiger partial charge in [0.1, 0.15) is 18.3 Å². The van der Waals surface area contributed by atoms with Crippen molar-refractivity contribution in [3.8, 4) is 0 Å². The molecular formula is C26H41FO5. The van der Waals surface area contributed by atoms with Crippen LogP contribution in [0.25, 0.3) is 0 Å². The molecule has 0 saturated carbocycles. The van der Waals surface area contributed by atoms with E-state index in [2.05, 4.69) is 6.92 Å². The Morgan fingerprint density at radius 3 is 2.03 bits per heavy atom. The molecule has 0 unspecified atom stereocenters. The minimum Gasteiger partial charge on any atom is -0.458 e. The number of hydrogen-bond donors (Lipinski definition) is 0. The van der Waals surface area contributed by atoms with E-state index in [-0.39, 0.29) is 13.0 Å². The molecular weight excluding hydrogens is 411 g/mol. The first-order valence-electron chi connectivity index (χ1n) is 12.0. The summed E-state index contributed by atoms with van der Waals surface area (Å²) in [5, 5.41) is 0. The van der Waals surface area contributed by atoms with Crippen LogP contribution < -0.4 is 0 Å². The highest BCUT2D eigenvalue weighted by Gasteiger charge is 2.35. The topological polar surface area (TPSA) is 61.8 Å². The van der Waals surface area contributed by atoms with Crippen molar-refractivity contribution in [1.82, 2.24) is 0 Å². The monoisotopic (exact) mass is 452 g/mol. The second-order valence-electron chi connectivity index (χ2n) is 9.23. The Labute approximate surface area is 193 Å². The van der Waals surface area contributed by atoms with Gasteiger partial charge >= 0.3 is 12.1 Å². The maximum atomic E-state index is 14.9. The summed E-state index contributed by atoms with van der Waals surface area (Å²) < 4.78 is 30.3. The van der Waals surface area contributed by atoms with E-state index in [4.69, 9.17) is 14.2 Å². The van der Waals surface area contributed by atoms with Gasteiger partial charge < -0.3 is 14.2 Å². The van der Waals surface area contributed by atoms with Gasteiger partial charge in [-0.3, -0.25) is 0 Å². The third kappa shape index (κ3) is 13.3. The highest BCUT2D eigenvalue weighted by Crippen LogP contribution is 2.20. The molecule has 0 N–H and O–H groups in total. The van der Waals surface area contributed by atoms with Crippen molar-refractivity contribution < 1.29 is 28.2 Å². The summed E-state index contributed by atoms with van der Waals surface area (Å²) in [6.07, 6.45) is 5.97. The number of alkyl halides is 1. The highest BCUT2D eigenvalue weighted by molar-refractivity contribution is 5.76. The van der Waals surface area contributed by atoms with Gasteiger partial charge in [0.2, 0.25) is 6.17 Å². The van der Waals surface area contributed by atoms with Gasteiger partial charge in [-0.05, 0) is 39.2 Å². The molecule has 5 nitrogen and oxygen atoms in total. The van der Waals surface area contributed by atoms with Crippen LogP contribution in [0.2, 0.25) is 0 Å². The number of ether oxygens (including phenoxy) is 3. The van der Waals surface area contributed by atoms with Crippen LogP contribution in [0.5, 0.6) is 0 Å². The van der Waals surface area contributed by atoms with Crippen LogP contribution in [0.15, 0.2) is 30.3 Å². The van der Waals surface area contributed by atoms with E-state index >= 15 is 0 Å². The lowest BCUT2D eigenvalue weighted by Gasteiger charge is -2.24. The molecule has 1 rings (SSSR count). The van der Waals surface area contributed by atoms with E-state index in [9.17, 15) is 14.0 Å². The molecule has 0 aliphatic rings. The first-order valence-corrected chi connectivity index (χ1v) is 12.0. The second-order valence-corrected chi connectivity index (χ2v) is 9.23. The van der Waals surface area contributed by atoms with Crippen molar-refractivity contribution in [3.63, 3.8) is 0 Å². The summed E-state index contributed by atoms with van der Waals surface area (Å²) in [6, 6.07) is 9.14. The third-order valence-corrected chi connectivity index (χ3v) is 5.00. The highest BCUT2D eigenvalue weighted by atomic mass is 19.1. The van der Waals surface area contributed by atoms with Crippen molar-refractivity contribution in [2.75, 3.05) is 0 Å². The number of esters is 1. The molecule has 0 heterocycles. The van der Waals surface area contributed by atoms with E-state index in [1.165, 1.54) is 32.1 Å². The molecule has 1 aromatic carbocycles. The average molecular weight is 453 g/mol. The molecule has 1 aromatic rings. The van der Waals surface area contributed by atoms with Gasteiger partial charge in [0.25, 0.3) is 0 Å². The largest absolute Gasteiger partial charge is 0.509 e. The lowest BCUT2D eigenvalue weighted by Crippen LogP contribution is -2.39. The standard InChI is InChI=1S/C26H41FO5/c1-5-6-7-8-9-10-11-12-16-19-22(23(27)24(28)32-26(2,3)4)31-25(29)30-20-21-17-14-13-15-18-21/h13-15,17-18,22-23H,5-12,16,19-20H2,1-4H3/t22-,23+/m1/s1. The number of hydrogen-bond acceptors (Lipinski definition) is 5. The molecule has 0 aliphatic heterocycles. The molecule has 0 aliphatic carbocycles. The Hall–Kier alpha value is -2.11. The molecule has 2 atom stereocenters. The van der Waals surface area contributed by atoms with Crippen molar-refractivity contribution in [1.29, 1.82) is 0 Å². The van der Waals surface area contributed by atoms with Gasteiger partial charge in [0.15, 0.2) is 0 Å². The van der Waals surface area contributed by atoms with Crippen molar-refractivity contribution in [2.45, 2.75) is 116 Å². The fourth-order valence-electron chi connectivity index (χ4n) is 3.31. The predicted molar refractivity (Wildman–Crippen MR) is 124 cm³/mol. The second kappa shape index (κ2) is 15.7. The number of benzene rings is 1. The SMILES string of the molecule is CCCCCCCCCCC[C@@H](OC(=O)OCc1ccccc1)[C@H](F)C(=O)OC(C)(C)C. The third-order valence-electron chi connectivity index (χ3n) is 5.00. The number of carbonyl (C=O) groups is 2. The van der Waals surface area contributed by atoms with Crippen LogP contribution in [0.4, 0.5) is 9.18 Å². The molecule has 6 heteroatoms. The zero-order chi connectivity index (χ0) is 23.8. The fraction of sp³-hybridized carbons (Fsp3) is 0.692. The van der Waals surface area contributed by atoms with Gasteiger partial charge in [-0.2, -0.15) is 0 Å². The lowest BCUT2D eigenvalue weighted by atomic mass is 10.0. The Bertz CT molecular complexity index is 641. The van der Waals surface area contributed by atoms with Crippen LogP contribution in [0.3, 0.4) is 0 Å². The predicted octanol–water partition coefficient (Wildman–Crippen LogP) is 7.31. The fourth-order valence-corrected chi connectivity index (χ4v) is 3.31. The summed E-state index contributed by atoms with van der Waals surface area (Å²) in [5.41, 5.74) is -0.0266. The van der Waals surface area contributed by atoms with E-state index in [1.54, 1.807) is 20.8 Å². The van der Waals surface area contributed by atoms with E-state index in [1.807, 2.05) is 30.3 Å². The van der Waals surface area contributed by atoms with Gasteiger partial charge in [-0.1, -0.05) is 88.6 Å². The molecule has 0 fully saturated rings. The van der Waals surface area contributed by atoms with Crippen LogP contribution >= 0.6 is 0 Å². The summed E-state index contributed by atoms with van der Waals surface area (Å²) >= 11 is 0. The van der Waals surface area contributed by atoms with Gasteiger partial charge in [0.05, 0.1) is 0 Å². The van der Waals surface area contributed by atoms with E-state index in [0.29, 0.717) is 6.42 Å². The summed E-state index contributed by atoms with van der Waals surface area (Å²) in [4.78, 5) is 24.3. The maximum Gasteiger partial charge on any atom is 0.509 e. The normalized spacial score (nSPS) is 13.3. The number of unbranched alkanes of at least 4 members (excludes halogenated alkanes) is 8. The zero-order valence-electron chi connectivity index (χ0n) is 20.2. The van der Waals surface area contributed by atoms with E-state index in [0.717, 1.165) is 24.8 Å². The molecule has 0 amide bonds. The van der Waals surface area contributed by atoms with Crippen LogP contribution in [0, 0.1) is 0 Å². The Morgan fingerprint density at radius 2 is 1.47 bits per heavy atom. The molecule has 32 heavy (non-hydrogen) atoms. The minimum atomic E-state index is -2.05. The first kappa shape index (κ1) is 27.9. The number of rotatable bonds is 15.